The summed E-state index contributed by atoms with van der Waals surface area (Å²) in [7, 11) is -3.87. The van der Waals surface area contributed by atoms with Crippen molar-refractivity contribution in [1.29, 1.82) is 0 Å². The van der Waals surface area contributed by atoms with Gasteiger partial charge in [0.15, 0.2) is 29.0 Å². The van der Waals surface area contributed by atoms with Crippen LogP contribution in [-0.2, 0) is 27.8 Å². The van der Waals surface area contributed by atoms with Crippen molar-refractivity contribution < 1.29 is 42.9 Å². The average molecular weight is 751 g/mol. The lowest BCUT2D eigenvalue weighted by atomic mass is 10.1. The van der Waals surface area contributed by atoms with Crippen molar-refractivity contribution >= 4 is 44.7 Å². The van der Waals surface area contributed by atoms with E-state index in [-0.39, 0.29) is 47.2 Å². The fourth-order valence-electron chi connectivity index (χ4n) is 6.39. The topological polar surface area (TPSA) is 276 Å². The molecular formula is C33H38N10O9S. The minimum Gasteiger partial charge on any atom is -0.394 e. The van der Waals surface area contributed by atoms with Crippen LogP contribution in [0.15, 0.2) is 76.4 Å². The molecule has 0 bridgehead atoms. The van der Waals surface area contributed by atoms with Gasteiger partial charge in [-0.1, -0.05) is 35.5 Å². The molecule has 280 valence electrons. The number of rotatable bonds is 12. The summed E-state index contributed by atoms with van der Waals surface area (Å²) in [5.41, 5.74) is 2.17. The molecule has 0 radical (unpaired) electrons. The van der Waals surface area contributed by atoms with E-state index in [0.29, 0.717) is 43.0 Å². The third-order valence-electron chi connectivity index (χ3n) is 9.07. The number of hydrogen-bond donors (Lipinski definition) is 8. The Morgan fingerprint density at radius 1 is 1.06 bits per heavy atom. The normalized spacial score (nSPS) is 22.3. The zero-order valence-electron chi connectivity index (χ0n) is 28.1. The summed E-state index contributed by atoms with van der Waals surface area (Å²) < 4.78 is 35.9. The summed E-state index contributed by atoms with van der Waals surface area (Å²) in [6, 6.07) is 15.2. The minimum absolute atomic E-state index is 0.0797. The van der Waals surface area contributed by atoms with Gasteiger partial charge in [-0.15, -0.1) is 0 Å². The molecule has 19 nitrogen and oxygen atoms in total. The van der Waals surface area contributed by atoms with Gasteiger partial charge >= 0.3 is 6.03 Å². The van der Waals surface area contributed by atoms with Crippen LogP contribution in [0.3, 0.4) is 0 Å². The number of amides is 2. The zero-order chi connectivity index (χ0) is 37.3. The largest absolute Gasteiger partial charge is 0.394 e. The summed E-state index contributed by atoms with van der Waals surface area (Å²) in [6.45, 7) is 0.181. The molecule has 2 aliphatic heterocycles. The first-order valence-corrected chi connectivity index (χ1v) is 18.2. The van der Waals surface area contributed by atoms with Crippen molar-refractivity contribution in [3.8, 4) is 0 Å². The summed E-state index contributed by atoms with van der Waals surface area (Å²) in [5, 5.41) is 59.6. The second-order valence-corrected chi connectivity index (χ2v) is 14.4. The van der Waals surface area contributed by atoms with Crippen LogP contribution in [0.4, 0.5) is 22.2 Å². The van der Waals surface area contributed by atoms with Crippen molar-refractivity contribution in [2.24, 2.45) is 5.14 Å². The van der Waals surface area contributed by atoms with Crippen LogP contribution in [-0.4, -0.2) is 104 Å². The number of fused-ring (bicyclic) bond motifs is 1. The highest BCUT2D eigenvalue weighted by molar-refractivity contribution is 7.89. The maximum Gasteiger partial charge on any atom is 0.319 e. The second kappa shape index (κ2) is 15.0. The molecule has 2 aromatic carbocycles. The number of hydrogen-bond acceptors (Lipinski definition) is 15. The quantitative estimate of drug-likeness (QED) is 0.0855. The van der Waals surface area contributed by atoms with E-state index in [4.69, 9.17) is 24.4 Å². The number of nitrogens with two attached hydrogens (primary N) is 1. The van der Waals surface area contributed by atoms with Gasteiger partial charge in [0.2, 0.25) is 16.0 Å². The highest BCUT2D eigenvalue weighted by Gasteiger charge is 2.47. The van der Waals surface area contributed by atoms with Crippen LogP contribution >= 0.6 is 0 Å². The van der Waals surface area contributed by atoms with E-state index in [1.54, 1.807) is 0 Å². The molecule has 2 saturated heterocycles. The maximum absolute atomic E-state index is 12.8. The van der Waals surface area contributed by atoms with Gasteiger partial charge in [0, 0.05) is 30.9 Å². The number of benzene rings is 2. The molecule has 2 aliphatic rings. The smallest absolute Gasteiger partial charge is 0.319 e. The van der Waals surface area contributed by atoms with Gasteiger partial charge < -0.3 is 50.5 Å². The van der Waals surface area contributed by atoms with E-state index >= 15 is 0 Å². The molecule has 5 heterocycles. The lowest BCUT2D eigenvalue weighted by molar-refractivity contribution is -0.0434. The lowest BCUT2D eigenvalue weighted by Gasteiger charge is -2.22. The number of aliphatic hydroxyl groups is 4. The highest BCUT2D eigenvalue weighted by atomic mass is 32.2. The van der Waals surface area contributed by atoms with E-state index in [2.05, 4.69) is 26.1 Å². The average Bonchev–Trinajstić information content (AvgIpc) is 3.96. The van der Waals surface area contributed by atoms with E-state index < -0.39 is 46.6 Å². The fraction of sp³-hybridized carbons (Fsp3) is 0.364. The summed E-state index contributed by atoms with van der Waals surface area (Å²) in [6.07, 6.45) is -2.69. The number of imidazole rings is 1. The van der Waals surface area contributed by atoms with Crippen molar-refractivity contribution in [2.75, 3.05) is 35.2 Å². The Labute approximate surface area is 302 Å². The van der Waals surface area contributed by atoms with Gasteiger partial charge in [0.1, 0.15) is 24.0 Å². The Hall–Kier alpha value is -5.22. The number of carbonyl (C=O) groups is 1. The molecule has 0 aliphatic carbocycles. The Bertz CT molecular complexity index is 2170. The van der Waals surface area contributed by atoms with E-state index in [1.165, 1.54) is 41.2 Å². The predicted octanol–water partition coefficient (Wildman–Crippen LogP) is 0.362. The number of carbonyl (C=O) groups excluding carboxylic acids is 1. The van der Waals surface area contributed by atoms with Crippen molar-refractivity contribution in [3.05, 3.63) is 84.0 Å². The minimum atomic E-state index is -3.87. The highest BCUT2D eigenvalue weighted by Crippen LogP contribution is 2.40. The Morgan fingerprint density at radius 3 is 2.53 bits per heavy atom. The van der Waals surface area contributed by atoms with E-state index in [1.807, 2.05) is 35.2 Å². The van der Waals surface area contributed by atoms with Crippen molar-refractivity contribution in [3.63, 3.8) is 0 Å². The SMILES string of the molecule is NS(=O)(=O)c1ccc(NC(=O)N[C@@H]2CCN(c3nc(N[C@H](CO)Cc4ccccc4)c4ncn([C@@H]5O[C@H](c6cc(CO)no6)[C@@H](O)[C@@H]5O)c4n3)C2)cc1. The standard InChI is InChI=1S/C33H38N10O9S/c34-53(49,50)23-8-6-19(7-9-23)37-33(48)38-20-10-11-42(14-20)32-39-29(36-21(15-44)12-18-4-2-1-3-5-18)25-30(40-32)43(17-35-25)31-27(47)26(46)28(51-31)24-13-22(16-45)41-52-24/h1-9,13,17,20-21,26-28,31,44-47H,10-12,14-16H2,(H2,34,49,50)(H,36,39,40)(H2,37,38,48)/t20-,21+,26+,27+,28-,31-/m1/s1. The van der Waals surface area contributed by atoms with Gasteiger partial charge in [-0.3, -0.25) is 4.57 Å². The Kier molecular flexibility index (Phi) is 10.2. The van der Waals surface area contributed by atoms with Crippen LogP contribution < -0.4 is 26.0 Å². The monoisotopic (exact) mass is 750 g/mol. The number of primary sulfonamides is 1. The van der Waals surface area contributed by atoms with Gasteiger partial charge in [0.05, 0.1) is 30.5 Å². The molecule has 0 saturated carbocycles. The van der Waals surface area contributed by atoms with Crippen LogP contribution in [0.2, 0.25) is 0 Å². The summed E-state index contributed by atoms with van der Waals surface area (Å²) >= 11 is 0. The molecule has 0 spiro atoms. The van der Waals surface area contributed by atoms with Crippen LogP contribution in [0.1, 0.15) is 35.8 Å². The molecule has 7 rings (SSSR count). The van der Waals surface area contributed by atoms with Gasteiger partial charge in [-0.25, -0.2) is 23.3 Å². The number of nitrogens with zero attached hydrogens (tertiary/aromatic N) is 6. The third-order valence-corrected chi connectivity index (χ3v) is 10.0. The van der Waals surface area contributed by atoms with Gasteiger partial charge in [0.25, 0.3) is 0 Å². The molecule has 2 fully saturated rings. The van der Waals surface area contributed by atoms with E-state index in [9.17, 15) is 33.6 Å². The van der Waals surface area contributed by atoms with Crippen molar-refractivity contribution in [2.45, 2.75) is 61.0 Å². The third kappa shape index (κ3) is 7.78. The number of aromatic nitrogens is 5. The first kappa shape index (κ1) is 36.2. The Morgan fingerprint density at radius 2 is 1.83 bits per heavy atom. The molecule has 20 heteroatoms. The summed E-state index contributed by atoms with van der Waals surface area (Å²) in [4.78, 5) is 28.8. The number of sulfonamides is 1. The molecule has 9 N–H and O–H groups in total. The Balaban J connectivity index is 1.14. The van der Waals surface area contributed by atoms with Crippen LogP contribution in [0.5, 0.6) is 0 Å². The molecule has 53 heavy (non-hydrogen) atoms. The second-order valence-electron chi connectivity index (χ2n) is 12.8. The number of ether oxygens (including phenoxy) is 1. The molecule has 3 aromatic heterocycles. The number of aliphatic hydroxyl groups excluding tert-OH is 4. The zero-order valence-corrected chi connectivity index (χ0v) is 28.9. The first-order valence-electron chi connectivity index (χ1n) is 16.7. The molecular weight excluding hydrogens is 712 g/mol. The molecule has 6 atom stereocenters. The first-order chi connectivity index (χ1) is 25.5. The van der Waals surface area contributed by atoms with Crippen LogP contribution in [0.25, 0.3) is 11.2 Å². The van der Waals surface area contributed by atoms with Gasteiger partial charge in [-0.05, 0) is 42.7 Å². The predicted molar refractivity (Wildman–Crippen MR) is 188 cm³/mol. The number of nitrogens with one attached hydrogen (secondary N) is 3. The van der Waals surface area contributed by atoms with Crippen LogP contribution in [0, 0.1) is 0 Å². The molecule has 2 amide bonds. The van der Waals surface area contributed by atoms with Gasteiger partial charge in [-0.2, -0.15) is 9.97 Å². The van der Waals surface area contributed by atoms with Crippen molar-refractivity contribution in [1.82, 2.24) is 30.0 Å². The summed E-state index contributed by atoms with van der Waals surface area (Å²) in [5.74, 6) is 0.703. The lowest BCUT2D eigenvalue weighted by Crippen LogP contribution is -2.40. The number of anilines is 3. The van der Waals surface area contributed by atoms with E-state index in [0.717, 1.165) is 5.56 Å². The number of urea groups is 1. The maximum atomic E-state index is 12.8. The molecule has 0 unspecified atom stereocenters. The molecule has 5 aromatic rings. The fourth-order valence-corrected chi connectivity index (χ4v) is 6.90.